The Kier molecular flexibility index (Phi) is 9.00. The highest BCUT2D eigenvalue weighted by Gasteiger charge is 2.40. The molecule has 0 spiro atoms. The van der Waals surface area contributed by atoms with Crippen LogP contribution in [0.25, 0.3) is 0 Å². The number of rotatable bonds is 9. The summed E-state index contributed by atoms with van der Waals surface area (Å²) < 4.78 is 42.6. The maximum Gasteiger partial charge on any atom is 0.272 e. The van der Waals surface area contributed by atoms with Gasteiger partial charge in [-0.05, 0) is 66.9 Å². The van der Waals surface area contributed by atoms with Crippen molar-refractivity contribution in [3.63, 3.8) is 0 Å². The molecule has 1 heterocycles. The third-order valence-electron chi connectivity index (χ3n) is 7.59. The van der Waals surface area contributed by atoms with Crippen LogP contribution in [0.4, 0.5) is 10.1 Å². The fourth-order valence-corrected chi connectivity index (χ4v) is 5.51. The molecule has 2 aliphatic rings. The molecule has 1 aliphatic carbocycles. The monoisotopic (exact) mass is 578 g/mol. The molecule has 5 rings (SSSR count). The number of carbonyl (C=O) groups is 2. The van der Waals surface area contributed by atoms with Crippen molar-refractivity contribution in [3.8, 4) is 28.7 Å². The number of anilines is 1. The largest absolute Gasteiger partial charge is 0.493 e. The highest BCUT2D eigenvalue weighted by Crippen LogP contribution is 2.42. The summed E-state index contributed by atoms with van der Waals surface area (Å²) in [7, 11) is 4.44. The van der Waals surface area contributed by atoms with E-state index >= 15 is 0 Å². The number of nitrogens with zero attached hydrogens (tertiary/aromatic N) is 1. The van der Waals surface area contributed by atoms with Crippen molar-refractivity contribution in [1.29, 1.82) is 0 Å². The van der Waals surface area contributed by atoms with E-state index in [1.54, 1.807) is 30.3 Å². The minimum atomic E-state index is -1.20. The number of para-hydroxylation sites is 2. The van der Waals surface area contributed by atoms with Crippen molar-refractivity contribution in [2.24, 2.45) is 0 Å². The van der Waals surface area contributed by atoms with Crippen molar-refractivity contribution in [1.82, 2.24) is 5.32 Å². The first-order valence-corrected chi connectivity index (χ1v) is 14.0. The molecule has 9 nitrogen and oxygen atoms in total. The molecule has 1 saturated carbocycles. The van der Waals surface area contributed by atoms with E-state index in [1.165, 1.54) is 50.5 Å². The Morgan fingerprint density at radius 1 is 0.905 bits per heavy atom. The van der Waals surface area contributed by atoms with Gasteiger partial charge in [0.25, 0.3) is 5.91 Å². The molecule has 3 aromatic rings. The van der Waals surface area contributed by atoms with Gasteiger partial charge in [-0.2, -0.15) is 0 Å². The van der Waals surface area contributed by atoms with Gasteiger partial charge in [-0.1, -0.05) is 31.4 Å². The minimum Gasteiger partial charge on any atom is -0.493 e. The van der Waals surface area contributed by atoms with Crippen molar-refractivity contribution >= 4 is 17.5 Å². The van der Waals surface area contributed by atoms with E-state index in [-0.39, 0.29) is 12.6 Å². The van der Waals surface area contributed by atoms with Crippen molar-refractivity contribution in [2.45, 2.75) is 50.3 Å². The molecule has 1 fully saturated rings. The molecule has 1 aliphatic heterocycles. The number of amides is 2. The number of hydrogen-bond acceptors (Lipinski definition) is 7. The van der Waals surface area contributed by atoms with Crippen LogP contribution in [0, 0.1) is 5.82 Å². The number of fused-ring (bicyclic) bond motifs is 1. The maximum absolute atomic E-state index is 14.4. The first-order valence-electron chi connectivity index (χ1n) is 14.0. The summed E-state index contributed by atoms with van der Waals surface area (Å²) in [5.74, 6) is 0.506. The van der Waals surface area contributed by atoms with E-state index in [4.69, 9.17) is 23.7 Å². The van der Waals surface area contributed by atoms with E-state index in [1.807, 2.05) is 6.07 Å². The molecule has 1 N–H and O–H groups in total. The van der Waals surface area contributed by atoms with Crippen LogP contribution in [0.2, 0.25) is 0 Å². The van der Waals surface area contributed by atoms with Gasteiger partial charge in [0.15, 0.2) is 23.0 Å². The predicted octanol–water partition coefficient (Wildman–Crippen LogP) is 5.21. The molecule has 10 heteroatoms. The molecule has 42 heavy (non-hydrogen) atoms. The van der Waals surface area contributed by atoms with E-state index in [2.05, 4.69) is 5.32 Å². The quantitative estimate of drug-likeness (QED) is 0.372. The first kappa shape index (κ1) is 29.0. The van der Waals surface area contributed by atoms with Crippen LogP contribution >= 0.6 is 0 Å². The molecular weight excluding hydrogens is 543 g/mol. The Morgan fingerprint density at radius 3 is 2.17 bits per heavy atom. The van der Waals surface area contributed by atoms with Crippen LogP contribution in [-0.2, 0) is 9.59 Å². The fourth-order valence-electron chi connectivity index (χ4n) is 5.51. The lowest BCUT2D eigenvalue weighted by atomic mass is 9.94. The Labute approximate surface area is 244 Å². The van der Waals surface area contributed by atoms with E-state index in [9.17, 15) is 14.0 Å². The SMILES string of the molecule is COc1cc([C@H](C(=O)NC2CCCCC2)N(C(=O)[C@@H]2COc3ccccc3O2)c2ccc(F)cc2)cc(OC)c1OC. The van der Waals surface area contributed by atoms with Gasteiger partial charge in [-0.3, -0.25) is 14.5 Å². The number of carbonyl (C=O) groups excluding carboxylic acids is 2. The Hall–Kier alpha value is -4.47. The third kappa shape index (κ3) is 6.07. The van der Waals surface area contributed by atoms with E-state index < -0.39 is 29.8 Å². The minimum absolute atomic E-state index is 0.0397. The lowest BCUT2D eigenvalue weighted by molar-refractivity contribution is -0.132. The summed E-state index contributed by atoms with van der Waals surface area (Å²) in [5, 5.41) is 3.16. The fraction of sp³-hybridized carbons (Fsp3) is 0.375. The molecular formula is C32H35FN2O7. The van der Waals surface area contributed by atoms with Crippen LogP contribution in [0.5, 0.6) is 28.7 Å². The van der Waals surface area contributed by atoms with Crippen LogP contribution < -0.4 is 33.9 Å². The lowest BCUT2D eigenvalue weighted by Crippen LogP contribution is -2.52. The molecule has 222 valence electrons. The molecule has 0 saturated heterocycles. The number of benzene rings is 3. The summed E-state index contributed by atoms with van der Waals surface area (Å²) in [6, 6.07) is 14.5. The van der Waals surface area contributed by atoms with E-state index in [0.717, 1.165) is 32.1 Å². The molecule has 2 atom stereocenters. The van der Waals surface area contributed by atoms with E-state index in [0.29, 0.717) is 40.0 Å². The summed E-state index contributed by atoms with van der Waals surface area (Å²) in [4.78, 5) is 30.0. The summed E-state index contributed by atoms with van der Waals surface area (Å²) in [6.45, 7) is -0.0697. The normalized spacial score (nSPS) is 17.1. The van der Waals surface area contributed by atoms with Crippen LogP contribution in [0.1, 0.15) is 43.7 Å². The summed E-state index contributed by atoms with van der Waals surface area (Å²) >= 11 is 0. The number of nitrogens with one attached hydrogen (secondary N) is 1. The molecule has 2 amide bonds. The number of ether oxygens (including phenoxy) is 5. The smallest absolute Gasteiger partial charge is 0.272 e. The van der Waals surface area contributed by atoms with Gasteiger partial charge in [-0.15, -0.1) is 0 Å². The maximum atomic E-state index is 14.4. The molecule has 0 bridgehead atoms. The molecule has 0 unspecified atom stereocenters. The summed E-state index contributed by atoms with van der Waals surface area (Å²) in [5.41, 5.74) is 0.717. The molecule has 0 aromatic heterocycles. The Bertz CT molecular complexity index is 1380. The highest BCUT2D eigenvalue weighted by atomic mass is 19.1. The highest BCUT2D eigenvalue weighted by molar-refractivity contribution is 6.04. The second-order valence-corrected chi connectivity index (χ2v) is 10.3. The van der Waals surface area contributed by atoms with Gasteiger partial charge in [0.1, 0.15) is 18.5 Å². The van der Waals surface area contributed by atoms with Crippen LogP contribution in [0.15, 0.2) is 60.7 Å². The predicted molar refractivity (Wildman–Crippen MR) is 154 cm³/mol. The average Bonchev–Trinajstić information content (AvgIpc) is 3.03. The van der Waals surface area contributed by atoms with Gasteiger partial charge in [0.05, 0.1) is 21.3 Å². The van der Waals surface area contributed by atoms with Gasteiger partial charge < -0.3 is 29.0 Å². The van der Waals surface area contributed by atoms with Crippen LogP contribution in [-0.4, -0.2) is 51.9 Å². The lowest BCUT2D eigenvalue weighted by Gasteiger charge is -2.36. The Morgan fingerprint density at radius 2 is 1.55 bits per heavy atom. The zero-order valence-corrected chi connectivity index (χ0v) is 23.9. The zero-order chi connectivity index (χ0) is 29.6. The second-order valence-electron chi connectivity index (χ2n) is 10.3. The Balaban J connectivity index is 1.62. The van der Waals surface area contributed by atoms with Crippen molar-refractivity contribution < 1.29 is 37.7 Å². The zero-order valence-electron chi connectivity index (χ0n) is 23.9. The average molecular weight is 579 g/mol. The summed E-state index contributed by atoms with van der Waals surface area (Å²) in [6.07, 6.45) is 3.74. The van der Waals surface area contributed by atoms with Gasteiger partial charge in [0.2, 0.25) is 17.8 Å². The number of halogens is 1. The molecule has 3 aromatic carbocycles. The van der Waals surface area contributed by atoms with Gasteiger partial charge in [0, 0.05) is 11.7 Å². The number of methoxy groups -OCH3 is 3. The van der Waals surface area contributed by atoms with Crippen molar-refractivity contribution in [2.75, 3.05) is 32.8 Å². The standard InChI is InChI=1S/C32H35FN2O7/c1-38-26-17-20(18-27(39-2)30(26)40-3)29(31(36)34-22-9-5-4-6-10-22)35(23-15-13-21(33)14-16-23)32(37)28-19-41-24-11-7-8-12-25(24)42-28/h7-8,11-18,22,28-29H,4-6,9-10,19H2,1-3H3,(H,34,36)/t28-,29+/m0/s1. The third-order valence-corrected chi connectivity index (χ3v) is 7.59. The molecule has 0 radical (unpaired) electrons. The first-order chi connectivity index (χ1) is 20.4. The second kappa shape index (κ2) is 13.0. The number of hydrogen-bond donors (Lipinski definition) is 1. The topological polar surface area (TPSA) is 95.6 Å². The van der Waals surface area contributed by atoms with Gasteiger partial charge >= 0.3 is 0 Å². The van der Waals surface area contributed by atoms with Crippen LogP contribution in [0.3, 0.4) is 0 Å². The van der Waals surface area contributed by atoms with Crippen molar-refractivity contribution in [3.05, 3.63) is 72.0 Å². The van der Waals surface area contributed by atoms with Gasteiger partial charge in [-0.25, -0.2) is 4.39 Å².